The molecule has 0 aliphatic carbocycles. The number of hydrogen-bond donors (Lipinski definition) is 2. The summed E-state index contributed by atoms with van der Waals surface area (Å²) in [5, 5.41) is 10.2. The minimum Gasteiger partial charge on any atom is -0.495 e. The average molecular weight is 436 g/mol. The van der Waals surface area contributed by atoms with Gasteiger partial charge in [-0.05, 0) is 18.6 Å². The third kappa shape index (κ3) is 5.35. The zero-order valence-corrected chi connectivity index (χ0v) is 18.9. The van der Waals surface area contributed by atoms with E-state index >= 15 is 0 Å². The van der Waals surface area contributed by atoms with Crippen molar-refractivity contribution in [2.24, 2.45) is 4.99 Å². The molecule has 2 aromatic carbocycles. The van der Waals surface area contributed by atoms with E-state index in [4.69, 9.17) is 9.72 Å². The van der Waals surface area contributed by atoms with E-state index in [1.165, 1.54) is 5.56 Å². The van der Waals surface area contributed by atoms with Crippen LogP contribution in [0.15, 0.2) is 65.0 Å². The number of nitrogens with zero attached hydrogens (tertiary/aromatic N) is 3. The Labute approximate surface area is 188 Å². The molecular weight excluding hydrogens is 406 g/mol. The van der Waals surface area contributed by atoms with Gasteiger partial charge in [-0.3, -0.25) is 4.99 Å². The smallest absolute Gasteiger partial charge is 0.191 e. The maximum atomic E-state index is 5.52. The third-order valence-corrected chi connectivity index (χ3v) is 6.36. The van der Waals surface area contributed by atoms with Crippen LogP contribution in [0.5, 0.6) is 5.75 Å². The topological polar surface area (TPSA) is 61.8 Å². The first-order valence-electron chi connectivity index (χ1n) is 10.6. The van der Waals surface area contributed by atoms with Crippen molar-refractivity contribution < 1.29 is 4.74 Å². The number of anilines is 1. The zero-order valence-electron chi connectivity index (χ0n) is 18.0. The molecule has 2 N–H and O–H groups in total. The Hall–Kier alpha value is -3.06. The zero-order chi connectivity index (χ0) is 21.5. The van der Waals surface area contributed by atoms with Crippen molar-refractivity contribution in [1.29, 1.82) is 0 Å². The lowest BCUT2D eigenvalue weighted by atomic mass is 10.2. The highest BCUT2D eigenvalue weighted by Gasteiger charge is 2.25. The first-order chi connectivity index (χ1) is 15.3. The second kappa shape index (κ2) is 10.3. The maximum absolute atomic E-state index is 5.52. The highest BCUT2D eigenvalue weighted by atomic mass is 32.1. The molecule has 6 nitrogen and oxygen atoms in total. The molecule has 1 fully saturated rings. The molecule has 31 heavy (non-hydrogen) atoms. The van der Waals surface area contributed by atoms with Crippen LogP contribution in [0.2, 0.25) is 0 Å². The lowest BCUT2D eigenvalue weighted by molar-refractivity contribution is 0.415. The summed E-state index contributed by atoms with van der Waals surface area (Å²) < 4.78 is 5.52. The van der Waals surface area contributed by atoms with Gasteiger partial charge < -0.3 is 20.3 Å². The Morgan fingerprint density at radius 1 is 1.19 bits per heavy atom. The molecule has 0 amide bonds. The first-order valence-corrected chi connectivity index (χ1v) is 11.5. The van der Waals surface area contributed by atoms with Crippen LogP contribution < -0.4 is 20.3 Å². The van der Waals surface area contributed by atoms with E-state index in [9.17, 15) is 0 Å². The van der Waals surface area contributed by atoms with E-state index in [0.29, 0.717) is 6.04 Å². The molecule has 1 saturated heterocycles. The van der Waals surface area contributed by atoms with Crippen molar-refractivity contribution in [2.45, 2.75) is 18.9 Å². The van der Waals surface area contributed by atoms with Crippen LogP contribution in [0.4, 0.5) is 5.69 Å². The second-order valence-electron chi connectivity index (χ2n) is 7.51. The summed E-state index contributed by atoms with van der Waals surface area (Å²) in [6, 6.07) is 18.9. The standard InChI is InChI=1S/C24H29N5OS/c1-25-24(26-14-12-20-17-31-23(27-20)18-8-4-3-5-9-18)28-19-13-15-29(16-19)21-10-6-7-11-22(21)30-2/h3-11,17,19H,12-16H2,1-2H3,(H2,25,26,28). The van der Waals surface area contributed by atoms with Crippen molar-refractivity contribution >= 4 is 23.0 Å². The molecule has 1 aromatic heterocycles. The summed E-state index contributed by atoms with van der Waals surface area (Å²) in [7, 11) is 3.54. The highest BCUT2D eigenvalue weighted by molar-refractivity contribution is 7.13. The number of rotatable bonds is 7. The molecular formula is C24H29N5OS. The lowest BCUT2D eigenvalue weighted by Gasteiger charge is -2.22. The number of para-hydroxylation sites is 2. The molecule has 2 heterocycles. The van der Waals surface area contributed by atoms with E-state index in [1.54, 1.807) is 18.4 Å². The van der Waals surface area contributed by atoms with E-state index in [1.807, 2.05) is 37.4 Å². The third-order valence-electron chi connectivity index (χ3n) is 5.42. The number of hydrogen-bond acceptors (Lipinski definition) is 5. The van der Waals surface area contributed by atoms with Gasteiger partial charge in [0.1, 0.15) is 10.8 Å². The van der Waals surface area contributed by atoms with Gasteiger partial charge in [0.2, 0.25) is 0 Å². The van der Waals surface area contributed by atoms with Crippen LogP contribution in [-0.2, 0) is 6.42 Å². The number of aromatic nitrogens is 1. The fourth-order valence-corrected chi connectivity index (χ4v) is 4.68. The van der Waals surface area contributed by atoms with Gasteiger partial charge in [-0.1, -0.05) is 42.5 Å². The Bertz CT molecular complexity index is 1000. The summed E-state index contributed by atoms with van der Waals surface area (Å²) in [5.74, 6) is 1.76. The maximum Gasteiger partial charge on any atom is 0.191 e. The number of nitrogens with one attached hydrogen (secondary N) is 2. The molecule has 0 bridgehead atoms. The van der Waals surface area contributed by atoms with Gasteiger partial charge in [0.25, 0.3) is 0 Å². The normalized spacial score (nSPS) is 16.4. The quantitative estimate of drug-likeness (QED) is 0.437. The molecule has 0 spiro atoms. The van der Waals surface area contributed by atoms with Gasteiger partial charge in [0, 0.05) is 50.1 Å². The summed E-state index contributed by atoms with van der Waals surface area (Å²) in [5.41, 5.74) is 3.43. The lowest BCUT2D eigenvalue weighted by Crippen LogP contribution is -2.45. The number of ether oxygens (including phenoxy) is 1. The van der Waals surface area contributed by atoms with Crippen molar-refractivity contribution in [3.63, 3.8) is 0 Å². The van der Waals surface area contributed by atoms with Crippen LogP contribution in [0.1, 0.15) is 12.1 Å². The molecule has 4 rings (SSSR count). The van der Waals surface area contributed by atoms with Crippen molar-refractivity contribution in [1.82, 2.24) is 15.6 Å². The van der Waals surface area contributed by atoms with Crippen molar-refractivity contribution in [2.75, 3.05) is 38.7 Å². The van der Waals surface area contributed by atoms with Gasteiger partial charge in [-0.2, -0.15) is 0 Å². The Morgan fingerprint density at radius 3 is 2.81 bits per heavy atom. The molecule has 162 valence electrons. The second-order valence-corrected chi connectivity index (χ2v) is 8.36. The van der Waals surface area contributed by atoms with Gasteiger partial charge in [-0.15, -0.1) is 11.3 Å². The van der Waals surface area contributed by atoms with Crippen LogP contribution in [0, 0.1) is 0 Å². The minimum atomic E-state index is 0.347. The largest absolute Gasteiger partial charge is 0.495 e. The number of aliphatic imine (C=N–C) groups is 1. The molecule has 1 unspecified atom stereocenters. The first kappa shape index (κ1) is 21.2. The van der Waals surface area contributed by atoms with Crippen LogP contribution in [-0.4, -0.2) is 50.8 Å². The molecule has 1 aliphatic rings. The highest BCUT2D eigenvalue weighted by Crippen LogP contribution is 2.30. The van der Waals surface area contributed by atoms with Gasteiger partial charge >= 0.3 is 0 Å². The summed E-state index contributed by atoms with van der Waals surface area (Å²) in [6.45, 7) is 2.71. The molecule has 0 radical (unpaired) electrons. The number of thiazole rings is 1. The van der Waals surface area contributed by atoms with Gasteiger partial charge in [0.15, 0.2) is 5.96 Å². The Morgan fingerprint density at radius 2 is 2.00 bits per heavy atom. The summed E-state index contributed by atoms with van der Waals surface area (Å²) >= 11 is 1.69. The molecule has 1 aliphatic heterocycles. The van der Waals surface area contributed by atoms with Crippen LogP contribution in [0.25, 0.3) is 10.6 Å². The van der Waals surface area contributed by atoms with E-state index in [-0.39, 0.29) is 0 Å². The molecule has 1 atom stereocenters. The molecule has 3 aromatic rings. The Balaban J connectivity index is 1.26. The Kier molecular flexibility index (Phi) is 7.04. The number of guanidine groups is 1. The SMILES string of the molecule is CN=C(NCCc1csc(-c2ccccc2)n1)NC1CCN(c2ccccc2OC)C1. The summed E-state index contributed by atoms with van der Waals surface area (Å²) in [6.07, 6.45) is 1.92. The van der Waals surface area contributed by atoms with E-state index in [2.05, 4.69) is 50.2 Å². The fraction of sp³-hybridized carbons (Fsp3) is 0.333. The monoisotopic (exact) mass is 435 g/mol. The van der Waals surface area contributed by atoms with E-state index < -0.39 is 0 Å². The molecule has 7 heteroatoms. The van der Waals surface area contributed by atoms with Crippen LogP contribution in [0.3, 0.4) is 0 Å². The summed E-state index contributed by atoms with van der Waals surface area (Å²) in [4.78, 5) is 11.5. The van der Waals surface area contributed by atoms with Crippen LogP contribution >= 0.6 is 11.3 Å². The molecule has 0 saturated carbocycles. The number of benzene rings is 2. The fourth-order valence-electron chi connectivity index (χ4n) is 3.82. The van der Waals surface area contributed by atoms with Gasteiger partial charge in [-0.25, -0.2) is 4.98 Å². The minimum absolute atomic E-state index is 0.347. The number of methoxy groups -OCH3 is 1. The van der Waals surface area contributed by atoms with Crippen molar-refractivity contribution in [3.05, 3.63) is 65.7 Å². The average Bonchev–Trinajstić information content (AvgIpc) is 3.49. The van der Waals surface area contributed by atoms with E-state index in [0.717, 1.165) is 60.6 Å². The predicted molar refractivity (Wildman–Crippen MR) is 129 cm³/mol. The van der Waals surface area contributed by atoms with Crippen molar-refractivity contribution in [3.8, 4) is 16.3 Å². The predicted octanol–water partition coefficient (Wildman–Crippen LogP) is 3.81. The van der Waals surface area contributed by atoms with Gasteiger partial charge in [0.05, 0.1) is 18.5 Å².